The fraction of sp³-hybridized carbons (Fsp3) is 0.0385. The standard InChI is InChI=1S/C19H15ClN2O.C7H6ClNO2/c20-15-8-5-13(6-9-15)12-22-19(23)18-10-7-14(11-21)16-3-1-2-4-17(16)18;8-5-3-4(7(9)11)1-2-6(5)10/h1-11,21H,12H2,(H,22,23);1-3,10H,(H2,9,11). The predicted octanol–water partition coefficient (Wildman–Crippen LogP) is 5.57. The Labute approximate surface area is 206 Å². The molecule has 0 heterocycles. The zero-order valence-electron chi connectivity index (χ0n) is 17.9. The van der Waals surface area contributed by atoms with Gasteiger partial charge in [0.05, 0.1) is 5.02 Å². The van der Waals surface area contributed by atoms with Gasteiger partial charge in [-0.2, -0.15) is 0 Å². The molecule has 0 unspecified atom stereocenters. The van der Waals surface area contributed by atoms with Gasteiger partial charge in [0.15, 0.2) is 0 Å². The lowest BCUT2D eigenvalue weighted by Crippen LogP contribution is -2.23. The minimum atomic E-state index is -0.563. The Hall–Kier alpha value is -3.87. The maximum absolute atomic E-state index is 12.5. The Morgan fingerprint density at radius 3 is 2.24 bits per heavy atom. The van der Waals surface area contributed by atoms with Crippen molar-refractivity contribution in [1.82, 2.24) is 5.32 Å². The molecule has 0 aliphatic carbocycles. The monoisotopic (exact) mass is 493 g/mol. The molecule has 4 aromatic rings. The summed E-state index contributed by atoms with van der Waals surface area (Å²) in [5.41, 5.74) is 7.64. The fourth-order valence-corrected chi connectivity index (χ4v) is 3.49. The molecule has 4 aromatic carbocycles. The average Bonchev–Trinajstić information content (AvgIpc) is 2.84. The van der Waals surface area contributed by atoms with Crippen molar-refractivity contribution < 1.29 is 14.7 Å². The number of nitrogens with one attached hydrogen (secondary N) is 2. The number of amides is 2. The number of primary amides is 1. The summed E-state index contributed by atoms with van der Waals surface area (Å²) in [4.78, 5) is 23.1. The summed E-state index contributed by atoms with van der Waals surface area (Å²) >= 11 is 11.4. The first-order chi connectivity index (χ1) is 16.3. The summed E-state index contributed by atoms with van der Waals surface area (Å²) in [7, 11) is 0. The van der Waals surface area contributed by atoms with Gasteiger partial charge in [-0.3, -0.25) is 9.59 Å². The Balaban J connectivity index is 0.000000248. The van der Waals surface area contributed by atoms with E-state index in [1.54, 1.807) is 24.3 Å². The van der Waals surface area contributed by atoms with Gasteiger partial charge in [0.2, 0.25) is 5.91 Å². The summed E-state index contributed by atoms with van der Waals surface area (Å²) in [6, 6.07) is 22.6. The first-order valence-corrected chi connectivity index (χ1v) is 10.9. The van der Waals surface area contributed by atoms with Crippen molar-refractivity contribution in [2.24, 2.45) is 5.73 Å². The van der Waals surface area contributed by atoms with Crippen molar-refractivity contribution in [3.05, 3.63) is 111 Å². The maximum Gasteiger partial charge on any atom is 0.252 e. The number of phenolic OH excluding ortho intramolecular Hbond substituents is 1. The van der Waals surface area contributed by atoms with Gasteiger partial charge >= 0.3 is 0 Å². The van der Waals surface area contributed by atoms with E-state index >= 15 is 0 Å². The molecule has 0 aromatic heterocycles. The second-order valence-corrected chi connectivity index (χ2v) is 8.08. The van der Waals surface area contributed by atoms with Crippen LogP contribution in [0.4, 0.5) is 0 Å². The molecular weight excluding hydrogens is 473 g/mol. The van der Waals surface area contributed by atoms with Gasteiger partial charge in [0.1, 0.15) is 5.75 Å². The smallest absolute Gasteiger partial charge is 0.252 e. The van der Waals surface area contributed by atoms with Crippen LogP contribution in [-0.4, -0.2) is 23.1 Å². The van der Waals surface area contributed by atoms with Crippen LogP contribution in [0.2, 0.25) is 10.0 Å². The molecule has 0 fully saturated rings. The Kier molecular flexibility index (Phi) is 8.24. The molecule has 5 N–H and O–H groups in total. The molecule has 0 saturated heterocycles. The summed E-state index contributed by atoms with van der Waals surface area (Å²) < 4.78 is 0. The molecule has 0 aliphatic heterocycles. The van der Waals surface area contributed by atoms with Crippen LogP contribution < -0.4 is 11.1 Å². The molecule has 0 bridgehead atoms. The van der Waals surface area contributed by atoms with E-state index in [0.717, 1.165) is 21.9 Å². The van der Waals surface area contributed by atoms with Crippen LogP contribution in [0.15, 0.2) is 78.9 Å². The summed E-state index contributed by atoms with van der Waals surface area (Å²) in [5.74, 6) is -0.753. The third kappa shape index (κ3) is 6.13. The summed E-state index contributed by atoms with van der Waals surface area (Å²) in [6.45, 7) is 0.441. The van der Waals surface area contributed by atoms with Crippen molar-refractivity contribution in [2.75, 3.05) is 0 Å². The van der Waals surface area contributed by atoms with E-state index in [4.69, 9.17) is 39.5 Å². The topological polar surface area (TPSA) is 116 Å². The quantitative estimate of drug-likeness (QED) is 0.272. The first kappa shape index (κ1) is 24.8. The van der Waals surface area contributed by atoms with E-state index in [1.807, 2.05) is 36.4 Å². The predicted molar refractivity (Wildman–Crippen MR) is 136 cm³/mol. The molecular formula is C26H21Cl2N3O3. The zero-order chi connectivity index (χ0) is 24.7. The van der Waals surface area contributed by atoms with Crippen LogP contribution in [0, 0.1) is 5.41 Å². The van der Waals surface area contributed by atoms with E-state index in [1.165, 1.54) is 24.4 Å². The number of benzene rings is 4. The SMILES string of the molecule is N=Cc1ccc(C(=O)NCc2ccc(Cl)cc2)c2ccccc12.NC(=O)c1ccc(O)c(Cl)c1. The Morgan fingerprint density at radius 1 is 0.941 bits per heavy atom. The fourth-order valence-electron chi connectivity index (χ4n) is 3.19. The van der Waals surface area contributed by atoms with Crippen molar-refractivity contribution in [3.8, 4) is 5.75 Å². The van der Waals surface area contributed by atoms with Crippen LogP contribution in [0.5, 0.6) is 5.75 Å². The van der Waals surface area contributed by atoms with Gasteiger partial charge in [-0.1, -0.05) is 65.7 Å². The number of fused-ring (bicyclic) bond motifs is 1. The van der Waals surface area contributed by atoms with Gasteiger partial charge in [-0.15, -0.1) is 0 Å². The highest BCUT2D eigenvalue weighted by Gasteiger charge is 2.11. The molecule has 0 saturated carbocycles. The highest BCUT2D eigenvalue weighted by atomic mass is 35.5. The Bertz CT molecular complexity index is 1360. The molecule has 0 aliphatic rings. The average molecular weight is 494 g/mol. The van der Waals surface area contributed by atoms with Crippen molar-refractivity contribution >= 4 is 52.0 Å². The summed E-state index contributed by atoms with van der Waals surface area (Å²) in [5, 5.41) is 21.9. The molecule has 172 valence electrons. The van der Waals surface area contributed by atoms with Crippen molar-refractivity contribution in [3.63, 3.8) is 0 Å². The van der Waals surface area contributed by atoms with Gasteiger partial charge in [0.25, 0.3) is 5.91 Å². The minimum absolute atomic E-state index is 0.0586. The van der Waals surface area contributed by atoms with E-state index in [9.17, 15) is 9.59 Å². The number of carbonyl (C=O) groups is 2. The second kappa shape index (κ2) is 11.3. The third-order valence-electron chi connectivity index (χ3n) is 4.96. The molecule has 0 radical (unpaired) electrons. The van der Waals surface area contributed by atoms with Gasteiger partial charge in [-0.05, 0) is 58.3 Å². The number of halogens is 2. The van der Waals surface area contributed by atoms with Crippen LogP contribution in [0.3, 0.4) is 0 Å². The number of hydrogen-bond donors (Lipinski definition) is 4. The van der Waals surface area contributed by atoms with Crippen LogP contribution in [0.25, 0.3) is 10.8 Å². The summed E-state index contributed by atoms with van der Waals surface area (Å²) in [6.07, 6.45) is 1.30. The minimum Gasteiger partial charge on any atom is -0.506 e. The van der Waals surface area contributed by atoms with Gasteiger partial charge < -0.3 is 21.6 Å². The highest BCUT2D eigenvalue weighted by molar-refractivity contribution is 6.32. The van der Waals surface area contributed by atoms with Gasteiger partial charge in [0, 0.05) is 28.9 Å². The second-order valence-electron chi connectivity index (χ2n) is 7.23. The molecule has 2 amide bonds. The van der Waals surface area contributed by atoms with Crippen LogP contribution >= 0.6 is 23.2 Å². The molecule has 0 atom stereocenters. The molecule has 6 nitrogen and oxygen atoms in total. The molecule has 34 heavy (non-hydrogen) atoms. The lowest BCUT2D eigenvalue weighted by molar-refractivity contribution is 0.0951. The first-order valence-electron chi connectivity index (χ1n) is 10.1. The maximum atomic E-state index is 12.5. The number of aromatic hydroxyl groups is 1. The lowest BCUT2D eigenvalue weighted by Gasteiger charge is -2.10. The number of rotatable bonds is 5. The van der Waals surface area contributed by atoms with E-state index in [2.05, 4.69) is 5.32 Å². The molecule has 0 spiro atoms. The number of nitrogens with two attached hydrogens (primary N) is 1. The highest BCUT2D eigenvalue weighted by Crippen LogP contribution is 2.23. The molecule has 4 rings (SSSR count). The lowest BCUT2D eigenvalue weighted by atomic mass is 9.99. The van der Waals surface area contributed by atoms with E-state index in [-0.39, 0.29) is 22.2 Å². The number of hydrogen-bond acceptors (Lipinski definition) is 4. The largest absolute Gasteiger partial charge is 0.506 e. The van der Waals surface area contributed by atoms with Crippen LogP contribution in [0.1, 0.15) is 31.8 Å². The molecule has 8 heteroatoms. The third-order valence-corrected chi connectivity index (χ3v) is 5.51. The van der Waals surface area contributed by atoms with Crippen molar-refractivity contribution in [1.29, 1.82) is 5.41 Å². The van der Waals surface area contributed by atoms with Crippen molar-refractivity contribution in [2.45, 2.75) is 6.54 Å². The Morgan fingerprint density at radius 2 is 1.62 bits per heavy atom. The normalized spacial score (nSPS) is 10.2. The number of carbonyl (C=O) groups excluding carboxylic acids is 2. The van der Waals surface area contributed by atoms with Gasteiger partial charge in [-0.25, -0.2) is 0 Å². The van der Waals surface area contributed by atoms with Crippen LogP contribution in [-0.2, 0) is 6.54 Å². The zero-order valence-corrected chi connectivity index (χ0v) is 19.4. The van der Waals surface area contributed by atoms with E-state index < -0.39 is 5.91 Å². The van der Waals surface area contributed by atoms with E-state index in [0.29, 0.717) is 17.1 Å². The number of phenols is 1.